The van der Waals surface area contributed by atoms with Gasteiger partial charge in [-0.25, -0.2) is 0 Å². The Balaban J connectivity index is 2.00. The average molecular weight is 353 g/mol. The van der Waals surface area contributed by atoms with Crippen molar-refractivity contribution in [1.82, 2.24) is 5.32 Å². The van der Waals surface area contributed by atoms with Crippen molar-refractivity contribution in [3.63, 3.8) is 0 Å². The van der Waals surface area contributed by atoms with Gasteiger partial charge in [-0.2, -0.15) is 0 Å². The number of amides is 1. The molecule has 1 unspecified atom stereocenters. The fraction of sp³-hybridized carbons (Fsp3) is 0.267. The number of carbonyl (C=O) groups is 1. The number of nitrogens with two attached hydrogens (primary N) is 1. The molecule has 0 aliphatic rings. The van der Waals surface area contributed by atoms with Crippen LogP contribution in [0.15, 0.2) is 34.8 Å². The molecule has 2 rings (SSSR count). The zero-order chi connectivity index (χ0) is 14.7. The minimum atomic E-state index is -0.0984. The Labute approximate surface area is 131 Å². The van der Waals surface area contributed by atoms with E-state index in [2.05, 4.69) is 40.3 Å². The maximum Gasteiger partial charge on any atom is 0.251 e. The van der Waals surface area contributed by atoms with E-state index in [1.54, 1.807) is 29.5 Å². The van der Waals surface area contributed by atoms with Crippen LogP contribution in [0.2, 0.25) is 0 Å². The van der Waals surface area contributed by atoms with Crippen molar-refractivity contribution in [3.8, 4) is 0 Å². The van der Waals surface area contributed by atoms with E-state index in [0.717, 1.165) is 10.9 Å². The number of hydrogen-bond donors (Lipinski definition) is 2. The molecule has 0 fully saturated rings. The first-order valence-electron chi connectivity index (χ1n) is 6.36. The average Bonchev–Trinajstić information content (AvgIpc) is 2.73. The number of thiophene rings is 1. The second-order valence-corrected chi connectivity index (χ2v) is 7.15. The Morgan fingerprint density at radius 2 is 2.15 bits per heavy atom. The number of rotatable bonds is 4. The van der Waals surface area contributed by atoms with Gasteiger partial charge in [-0.3, -0.25) is 4.79 Å². The predicted molar refractivity (Wildman–Crippen MR) is 88.2 cm³/mol. The van der Waals surface area contributed by atoms with Crippen molar-refractivity contribution < 1.29 is 4.79 Å². The molecule has 5 heteroatoms. The summed E-state index contributed by atoms with van der Waals surface area (Å²) in [5.41, 5.74) is 6.90. The summed E-state index contributed by atoms with van der Waals surface area (Å²) < 4.78 is 0.809. The lowest BCUT2D eigenvalue weighted by molar-refractivity contribution is 0.0940. The summed E-state index contributed by atoms with van der Waals surface area (Å²) in [7, 11) is 0. The summed E-state index contributed by atoms with van der Waals surface area (Å²) in [6, 6.07) is 9.52. The highest BCUT2D eigenvalue weighted by Crippen LogP contribution is 2.19. The molecule has 3 N–H and O–H groups in total. The van der Waals surface area contributed by atoms with Crippen LogP contribution in [0, 0.1) is 6.92 Å². The predicted octanol–water partition coefficient (Wildman–Crippen LogP) is 3.76. The van der Waals surface area contributed by atoms with E-state index in [4.69, 9.17) is 5.73 Å². The van der Waals surface area contributed by atoms with Crippen molar-refractivity contribution in [2.24, 2.45) is 0 Å². The summed E-state index contributed by atoms with van der Waals surface area (Å²) in [5.74, 6) is -0.0984. The Morgan fingerprint density at radius 3 is 2.75 bits per heavy atom. The zero-order valence-electron chi connectivity index (χ0n) is 11.4. The van der Waals surface area contributed by atoms with Crippen LogP contribution in [0.5, 0.6) is 0 Å². The van der Waals surface area contributed by atoms with Gasteiger partial charge in [0.05, 0.1) is 0 Å². The molecule has 2 aromatic rings. The second kappa shape index (κ2) is 6.41. The first kappa shape index (κ1) is 15.1. The number of hydrogen-bond acceptors (Lipinski definition) is 3. The molecule has 0 spiro atoms. The minimum Gasteiger partial charge on any atom is -0.399 e. The molecule has 0 saturated carbocycles. The maximum absolute atomic E-state index is 12.2. The van der Waals surface area contributed by atoms with Crippen molar-refractivity contribution >= 4 is 38.9 Å². The Morgan fingerprint density at radius 1 is 1.40 bits per heavy atom. The van der Waals surface area contributed by atoms with E-state index in [9.17, 15) is 4.79 Å². The first-order valence-corrected chi connectivity index (χ1v) is 7.97. The van der Waals surface area contributed by atoms with Crippen LogP contribution in [0.3, 0.4) is 0 Å². The third-order valence-electron chi connectivity index (χ3n) is 2.86. The lowest BCUT2D eigenvalue weighted by Crippen LogP contribution is -2.33. The van der Waals surface area contributed by atoms with Gasteiger partial charge >= 0.3 is 0 Å². The molecule has 1 heterocycles. The third kappa shape index (κ3) is 4.08. The number of aryl methyl sites for hydroxylation is 1. The van der Waals surface area contributed by atoms with Gasteiger partial charge in [0, 0.05) is 37.9 Å². The first-order chi connectivity index (χ1) is 9.44. The van der Waals surface area contributed by atoms with E-state index in [0.29, 0.717) is 11.3 Å². The fourth-order valence-electron chi connectivity index (χ4n) is 2.00. The highest BCUT2D eigenvalue weighted by Gasteiger charge is 2.12. The Kier molecular flexibility index (Phi) is 4.83. The van der Waals surface area contributed by atoms with E-state index in [1.807, 2.05) is 6.92 Å². The van der Waals surface area contributed by atoms with E-state index in [1.165, 1.54) is 9.75 Å². The highest BCUT2D eigenvalue weighted by atomic mass is 79.9. The monoisotopic (exact) mass is 352 g/mol. The fourth-order valence-corrected chi connectivity index (χ4v) is 3.53. The standard InChI is InChI=1S/C15H17BrN2OS/c1-9(5-14-4-3-10(2)20-14)18-15(19)11-6-12(16)8-13(17)7-11/h3-4,6-9H,5,17H2,1-2H3,(H,18,19). The topological polar surface area (TPSA) is 55.1 Å². The number of nitrogens with one attached hydrogen (secondary N) is 1. The maximum atomic E-state index is 12.2. The lowest BCUT2D eigenvalue weighted by Gasteiger charge is -2.13. The molecule has 20 heavy (non-hydrogen) atoms. The van der Waals surface area contributed by atoms with Crippen LogP contribution in [-0.4, -0.2) is 11.9 Å². The molecule has 1 atom stereocenters. The van der Waals surface area contributed by atoms with Crippen LogP contribution < -0.4 is 11.1 Å². The Bertz CT molecular complexity index is 604. The third-order valence-corrected chi connectivity index (χ3v) is 4.34. The van der Waals surface area contributed by atoms with Gasteiger partial charge in [-0.15, -0.1) is 11.3 Å². The summed E-state index contributed by atoms with van der Waals surface area (Å²) in [5, 5.41) is 3.00. The SMILES string of the molecule is Cc1ccc(CC(C)NC(=O)c2cc(N)cc(Br)c2)s1. The summed E-state index contributed by atoms with van der Waals surface area (Å²) in [4.78, 5) is 14.7. The van der Waals surface area contributed by atoms with Gasteiger partial charge in [0.25, 0.3) is 5.91 Å². The van der Waals surface area contributed by atoms with Gasteiger partial charge in [-0.1, -0.05) is 15.9 Å². The number of carbonyl (C=O) groups excluding carboxylic acids is 1. The smallest absolute Gasteiger partial charge is 0.251 e. The van der Waals surface area contributed by atoms with Crippen molar-refractivity contribution in [3.05, 3.63) is 50.1 Å². The van der Waals surface area contributed by atoms with E-state index in [-0.39, 0.29) is 11.9 Å². The molecule has 1 amide bonds. The van der Waals surface area contributed by atoms with Crippen LogP contribution in [0.4, 0.5) is 5.69 Å². The summed E-state index contributed by atoms with van der Waals surface area (Å²) in [6.07, 6.45) is 0.841. The van der Waals surface area contributed by atoms with Gasteiger partial charge in [0.15, 0.2) is 0 Å². The molecule has 1 aromatic heterocycles. The summed E-state index contributed by atoms with van der Waals surface area (Å²) >= 11 is 5.11. The molecule has 0 aliphatic heterocycles. The zero-order valence-corrected chi connectivity index (χ0v) is 13.8. The Hall–Kier alpha value is -1.33. The van der Waals surface area contributed by atoms with Gasteiger partial charge in [0.1, 0.15) is 0 Å². The molecule has 0 aliphatic carbocycles. The minimum absolute atomic E-state index is 0.0840. The molecule has 0 bridgehead atoms. The summed E-state index contributed by atoms with van der Waals surface area (Å²) in [6.45, 7) is 4.09. The lowest BCUT2D eigenvalue weighted by atomic mass is 10.1. The molecule has 1 aromatic carbocycles. The van der Waals surface area contributed by atoms with Crippen LogP contribution in [-0.2, 0) is 6.42 Å². The van der Waals surface area contributed by atoms with Gasteiger partial charge < -0.3 is 11.1 Å². The number of benzene rings is 1. The highest BCUT2D eigenvalue weighted by molar-refractivity contribution is 9.10. The van der Waals surface area contributed by atoms with Crippen LogP contribution in [0.1, 0.15) is 27.0 Å². The number of halogens is 1. The van der Waals surface area contributed by atoms with Crippen molar-refractivity contribution in [2.45, 2.75) is 26.3 Å². The quantitative estimate of drug-likeness (QED) is 0.823. The van der Waals surface area contributed by atoms with E-state index < -0.39 is 0 Å². The molecule has 106 valence electrons. The van der Waals surface area contributed by atoms with Crippen molar-refractivity contribution in [2.75, 3.05) is 5.73 Å². The largest absolute Gasteiger partial charge is 0.399 e. The molecular weight excluding hydrogens is 336 g/mol. The van der Waals surface area contributed by atoms with Crippen molar-refractivity contribution in [1.29, 1.82) is 0 Å². The van der Waals surface area contributed by atoms with E-state index >= 15 is 0 Å². The molecule has 3 nitrogen and oxygen atoms in total. The normalized spacial score (nSPS) is 12.2. The second-order valence-electron chi connectivity index (χ2n) is 4.86. The molecule has 0 saturated heterocycles. The van der Waals surface area contributed by atoms with Gasteiger partial charge in [0.2, 0.25) is 0 Å². The number of anilines is 1. The molecule has 0 radical (unpaired) electrons. The molecular formula is C15H17BrN2OS. The van der Waals surface area contributed by atoms with Gasteiger partial charge in [-0.05, 0) is 44.2 Å². The van der Waals surface area contributed by atoms with Crippen LogP contribution >= 0.6 is 27.3 Å². The van der Waals surface area contributed by atoms with Crippen LogP contribution in [0.25, 0.3) is 0 Å². The number of nitrogen functional groups attached to an aromatic ring is 1.